The molecule has 1 atom stereocenters. The third kappa shape index (κ3) is 3.01. The molecule has 0 amide bonds. The van der Waals surface area contributed by atoms with Crippen molar-refractivity contribution in [2.45, 2.75) is 19.4 Å². The second-order valence-corrected chi connectivity index (χ2v) is 5.89. The van der Waals surface area contributed by atoms with E-state index < -0.39 is 0 Å². The van der Waals surface area contributed by atoms with Gasteiger partial charge in [-0.05, 0) is 17.5 Å². The maximum absolute atomic E-state index is 6.26. The standard InChI is InChI=1S/C17H17N3S/c1-2-12-8-10-14(11-9-12)16-19-20-17(21-16)15(18)13-6-4-3-5-7-13/h3-11,15H,2,18H2,1H3. The number of rotatable bonds is 4. The van der Waals surface area contributed by atoms with Crippen LogP contribution in [-0.2, 0) is 6.42 Å². The molecule has 0 fully saturated rings. The minimum Gasteiger partial charge on any atom is -0.318 e. The first-order chi connectivity index (χ1) is 10.3. The molecule has 2 N–H and O–H groups in total. The molecule has 3 rings (SSSR count). The predicted molar refractivity (Wildman–Crippen MR) is 87.2 cm³/mol. The zero-order valence-corrected chi connectivity index (χ0v) is 12.7. The number of hydrogen-bond acceptors (Lipinski definition) is 4. The van der Waals surface area contributed by atoms with Crippen molar-refractivity contribution in [3.8, 4) is 10.6 Å². The molecule has 1 heterocycles. The van der Waals surface area contributed by atoms with Crippen molar-refractivity contribution < 1.29 is 0 Å². The summed E-state index contributed by atoms with van der Waals surface area (Å²) >= 11 is 1.56. The molecule has 1 aromatic heterocycles. The van der Waals surface area contributed by atoms with Crippen LogP contribution in [0.15, 0.2) is 54.6 Å². The predicted octanol–water partition coefficient (Wildman–Crippen LogP) is 3.82. The zero-order chi connectivity index (χ0) is 14.7. The van der Waals surface area contributed by atoms with Crippen LogP contribution in [0, 0.1) is 0 Å². The first-order valence-electron chi connectivity index (χ1n) is 7.01. The first-order valence-corrected chi connectivity index (χ1v) is 7.83. The third-order valence-electron chi connectivity index (χ3n) is 3.47. The van der Waals surface area contributed by atoms with Crippen LogP contribution in [0.3, 0.4) is 0 Å². The molecule has 2 aromatic carbocycles. The quantitative estimate of drug-likeness (QED) is 0.796. The smallest absolute Gasteiger partial charge is 0.147 e. The molecule has 0 aliphatic rings. The minimum atomic E-state index is -0.215. The fourth-order valence-corrected chi connectivity index (χ4v) is 3.04. The van der Waals surface area contributed by atoms with Crippen molar-refractivity contribution in [2.75, 3.05) is 0 Å². The van der Waals surface area contributed by atoms with Gasteiger partial charge in [0.2, 0.25) is 0 Å². The number of nitrogens with two attached hydrogens (primary N) is 1. The molecular weight excluding hydrogens is 278 g/mol. The van der Waals surface area contributed by atoms with E-state index in [2.05, 4.69) is 41.4 Å². The second-order valence-electron chi connectivity index (χ2n) is 4.88. The highest BCUT2D eigenvalue weighted by Crippen LogP contribution is 2.28. The highest BCUT2D eigenvalue weighted by molar-refractivity contribution is 7.14. The molecule has 0 radical (unpaired) electrons. The summed E-state index contributed by atoms with van der Waals surface area (Å²) in [6.45, 7) is 2.15. The lowest BCUT2D eigenvalue weighted by Crippen LogP contribution is -2.11. The van der Waals surface area contributed by atoms with E-state index in [-0.39, 0.29) is 6.04 Å². The molecular formula is C17H17N3S. The van der Waals surface area contributed by atoms with Crippen LogP contribution >= 0.6 is 11.3 Å². The summed E-state index contributed by atoms with van der Waals surface area (Å²) in [7, 11) is 0. The van der Waals surface area contributed by atoms with E-state index in [1.165, 1.54) is 5.56 Å². The van der Waals surface area contributed by atoms with Crippen LogP contribution in [0.1, 0.15) is 29.1 Å². The van der Waals surface area contributed by atoms with E-state index in [0.717, 1.165) is 27.6 Å². The van der Waals surface area contributed by atoms with E-state index in [1.54, 1.807) is 11.3 Å². The highest BCUT2D eigenvalue weighted by Gasteiger charge is 2.15. The van der Waals surface area contributed by atoms with Crippen molar-refractivity contribution in [3.05, 3.63) is 70.7 Å². The molecule has 0 aliphatic carbocycles. The van der Waals surface area contributed by atoms with Gasteiger partial charge in [-0.25, -0.2) is 0 Å². The maximum atomic E-state index is 6.26. The van der Waals surface area contributed by atoms with Gasteiger partial charge in [0.05, 0.1) is 6.04 Å². The van der Waals surface area contributed by atoms with E-state index >= 15 is 0 Å². The summed E-state index contributed by atoms with van der Waals surface area (Å²) in [6.07, 6.45) is 1.04. The SMILES string of the molecule is CCc1ccc(-c2nnc(C(N)c3ccccc3)s2)cc1. The van der Waals surface area contributed by atoms with Gasteiger partial charge in [-0.1, -0.05) is 72.9 Å². The largest absolute Gasteiger partial charge is 0.318 e. The molecule has 0 bridgehead atoms. The third-order valence-corrected chi connectivity index (χ3v) is 4.53. The summed E-state index contributed by atoms with van der Waals surface area (Å²) in [5.41, 5.74) is 9.74. The Balaban J connectivity index is 1.85. The van der Waals surface area contributed by atoms with E-state index in [1.807, 2.05) is 30.3 Å². The topological polar surface area (TPSA) is 51.8 Å². The van der Waals surface area contributed by atoms with Gasteiger partial charge in [0.25, 0.3) is 0 Å². The Morgan fingerprint density at radius 1 is 1.00 bits per heavy atom. The lowest BCUT2D eigenvalue weighted by molar-refractivity contribution is 0.831. The Morgan fingerprint density at radius 3 is 2.38 bits per heavy atom. The minimum absolute atomic E-state index is 0.215. The highest BCUT2D eigenvalue weighted by atomic mass is 32.1. The summed E-state index contributed by atoms with van der Waals surface area (Å²) in [6, 6.07) is 18.2. The zero-order valence-electron chi connectivity index (χ0n) is 11.9. The monoisotopic (exact) mass is 295 g/mol. The van der Waals surface area contributed by atoms with Crippen molar-refractivity contribution in [2.24, 2.45) is 5.73 Å². The van der Waals surface area contributed by atoms with Gasteiger partial charge in [-0.2, -0.15) is 0 Å². The van der Waals surface area contributed by atoms with Gasteiger partial charge < -0.3 is 5.73 Å². The molecule has 1 unspecified atom stereocenters. The van der Waals surface area contributed by atoms with Crippen LogP contribution in [0.2, 0.25) is 0 Å². The van der Waals surface area contributed by atoms with Crippen molar-refractivity contribution >= 4 is 11.3 Å². The van der Waals surface area contributed by atoms with Crippen LogP contribution in [0.5, 0.6) is 0 Å². The molecule has 0 saturated carbocycles. The molecule has 106 valence electrons. The average Bonchev–Trinajstić information content (AvgIpc) is 3.05. The van der Waals surface area contributed by atoms with Crippen LogP contribution < -0.4 is 5.73 Å². The molecule has 3 nitrogen and oxygen atoms in total. The number of hydrogen-bond donors (Lipinski definition) is 1. The number of nitrogens with zero attached hydrogens (tertiary/aromatic N) is 2. The second kappa shape index (κ2) is 6.16. The Hall–Kier alpha value is -2.04. The summed E-state index contributed by atoms with van der Waals surface area (Å²) in [5.74, 6) is 0. The summed E-state index contributed by atoms with van der Waals surface area (Å²) in [5, 5.41) is 10.3. The van der Waals surface area contributed by atoms with Crippen molar-refractivity contribution in [1.82, 2.24) is 10.2 Å². The fraction of sp³-hybridized carbons (Fsp3) is 0.176. The Labute approximate surface area is 128 Å². The number of aryl methyl sites for hydroxylation is 1. The van der Waals surface area contributed by atoms with Crippen LogP contribution in [-0.4, -0.2) is 10.2 Å². The Kier molecular flexibility index (Phi) is 4.08. The Morgan fingerprint density at radius 2 is 1.71 bits per heavy atom. The average molecular weight is 295 g/mol. The molecule has 0 aliphatic heterocycles. The van der Waals surface area contributed by atoms with Gasteiger partial charge in [-0.3, -0.25) is 0 Å². The molecule has 4 heteroatoms. The fourth-order valence-electron chi connectivity index (χ4n) is 2.16. The van der Waals surface area contributed by atoms with E-state index in [4.69, 9.17) is 5.73 Å². The lowest BCUT2D eigenvalue weighted by Gasteiger charge is -2.06. The Bertz CT molecular complexity index is 704. The molecule has 21 heavy (non-hydrogen) atoms. The molecule has 3 aromatic rings. The van der Waals surface area contributed by atoms with Crippen molar-refractivity contribution in [3.63, 3.8) is 0 Å². The van der Waals surface area contributed by atoms with Crippen LogP contribution in [0.4, 0.5) is 0 Å². The molecule has 0 spiro atoms. The maximum Gasteiger partial charge on any atom is 0.147 e. The van der Waals surface area contributed by atoms with Gasteiger partial charge in [0, 0.05) is 5.56 Å². The van der Waals surface area contributed by atoms with Gasteiger partial charge in [0.15, 0.2) is 0 Å². The summed E-state index contributed by atoms with van der Waals surface area (Å²) in [4.78, 5) is 0. The summed E-state index contributed by atoms with van der Waals surface area (Å²) < 4.78 is 0. The van der Waals surface area contributed by atoms with Gasteiger partial charge >= 0.3 is 0 Å². The van der Waals surface area contributed by atoms with Gasteiger partial charge in [0.1, 0.15) is 10.0 Å². The van der Waals surface area contributed by atoms with Gasteiger partial charge in [-0.15, -0.1) is 10.2 Å². The molecule has 0 saturated heterocycles. The first kappa shape index (κ1) is 13.9. The van der Waals surface area contributed by atoms with E-state index in [0.29, 0.717) is 0 Å². The number of benzene rings is 2. The van der Waals surface area contributed by atoms with Crippen molar-refractivity contribution in [1.29, 1.82) is 0 Å². The van der Waals surface area contributed by atoms with Crippen LogP contribution in [0.25, 0.3) is 10.6 Å². The van der Waals surface area contributed by atoms with E-state index in [9.17, 15) is 0 Å². The normalized spacial score (nSPS) is 12.3. The number of aromatic nitrogens is 2. The lowest BCUT2D eigenvalue weighted by atomic mass is 10.1.